The number of fused-ring (bicyclic) bond motifs is 4. The predicted octanol–water partition coefficient (Wildman–Crippen LogP) is 12.8. The van der Waals surface area contributed by atoms with Gasteiger partial charge < -0.3 is 9.13 Å². The molecule has 0 saturated carbocycles. The molecule has 0 spiro atoms. The van der Waals surface area contributed by atoms with E-state index in [0.29, 0.717) is 16.7 Å². The maximum absolute atomic E-state index is 9.03. The molecule has 0 amide bonds. The summed E-state index contributed by atoms with van der Waals surface area (Å²) in [5.74, 6) is 0.805. The summed E-state index contributed by atoms with van der Waals surface area (Å²) in [6.07, 6.45) is 5.34. The van der Waals surface area contributed by atoms with Gasteiger partial charge >= 0.3 is 0 Å². The Balaban J connectivity index is 0.00000608. The van der Waals surface area contributed by atoms with Crippen molar-refractivity contribution in [1.29, 1.82) is 0 Å². The van der Waals surface area contributed by atoms with Crippen LogP contribution in [0.15, 0.2) is 176 Å². The summed E-state index contributed by atoms with van der Waals surface area (Å²) in [7, 11) is 0. The Labute approximate surface area is 380 Å². The van der Waals surface area contributed by atoms with Gasteiger partial charge in [-0.3, -0.25) is 4.57 Å². The molecule has 0 atom stereocenters. The van der Waals surface area contributed by atoms with Crippen molar-refractivity contribution in [2.45, 2.75) is 45.4 Å². The van der Waals surface area contributed by atoms with Gasteiger partial charge in [0.05, 0.1) is 30.4 Å². The molecule has 0 aliphatic rings. The third-order valence-electron chi connectivity index (χ3n) is 11.2. The SMILES string of the molecule is [2H]c1c([2H])c([2H])c(-c2cccc(-c3c([2H])c([2H])c([2H])c([2H])c3[2H])c2-[n+]2[c-]n(-c3[c-]c(C(C)(C)c4[c-]c5c(cc4)c4ccccc4n5-c4cc(C(C)(C)C)ccn4)ccc3)c3ccccc32)c([2H])c1[2H].[Pt]. The molecule has 7 aromatic carbocycles. The fourth-order valence-electron chi connectivity index (χ4n) is 7.96. The Bertz CT molecular complexity index is 3630. The zero-order valence-electron chi connectivity index (χ0n) is 43.6. The number of nitrogens with zero attached hydrogens (tertiary/aromatic N) is 4. The second kappa shape index (κ2) is 15.4. The van der Waals surface area contributed by atoms with Crippen molar-refractivity contribution in [1.82, 2.24) is 14.1 Å². The van der Waals surface area contributed by atoms with Crippen LogP contribution < -0.4 is 4.57 Å². The van der Waals surface area contributed by atoms with E-state index in [0.717, 1.165) is 38.8 Å². The van der Waals surface area contributed by atoms with E-state index in [-0.39, 0.29) is 54.4 Å². The molecule has 3 aromatic heterocycles. The topological polar surface area (TPSA) is 26.6 Å². The first kappa shape index (κ1) is 29.0. The molecule has 10 rings (SSSR count). The average molecular weight is 966 g/mol. The number of pyridine rings is 1. The molecule has 10 aromatic rings. The van der Waals surface area contributed by atoms with Gasteiger partial charge in [0.15, 0.2) is 0 Å². The van der Waals surface area contributed by atoms with Crippen molar-refractivity contribution in [2.75, 3.05) is 0 Å². The summed E-state index contributed by atoms with van der Waals surface area (Å²) in [6, 6.07) is 37.3. The van der Waals surface area contributed by atoms with Gasteiger partial charge in [0, 0.05) is 32.8 Å². The third-order valence-corrected chi connectivity index (χ3v) is 11.2. The fraction of sp³-hybridized carbons (Fsp3) is 0.127. The van der Waals surface area contributed by atoms with Crippen molar-refractivity contribution >= 4 is 32.8 Å². The van der Waals surface area contributed by atoms with Crippen molar-refractivity contribution in [3.8, 4) is 39.4 Å². The minimum absolute atomic E-state index is 0. The number of benzene rings is 7. The fourth-order valence-corrected chi connectivity index (χ4v) is 7.96. The van der Waals surface area contributed by atoms with E-state index in [4.69, 9.17) is 18.7 Å². The average Bonchev–Trinajstić information content (AvgIpc) is 3.90. The van der Waals surface area contributed by atoms with Gasteiger partial charge in [-0.25, -0.2) is 4.98 Å². The van der Waals surface area contributed by atoms with Gasteiger partial charge in [0.2, 0.25) is 0 Å². The van der Waals surface area contributed by atoms with Crippen LogP contribution in [-0.2, 0) is 31.9 Å². The monoisotopic (exact) mass is 965 g/mol. The normalized spacial score (nSPS) is 14.3. The molecule has 0 fully saturated rings. The number of hydrogen-bond acceptors (Lipinski definition) is 1. The predicted molar refractivity (Wildman–Crippen MR) is 242 cm³/mol. The Kier molecular flexibility index (Phi) is 7.41. The summed E-state index contributed by atoms with van der Waals surface area (Å²) in [6.45, 7) is 10.8. The summed E-state index contributed by atoms with van der Waals surface area (Å²) in [4.78, 5) is 4.87. The minimum atomic E-state index is -0.646. The van der Waals surface area contributed by atoms with Crippen LogP contribution in [0.3, 0.4) is 0 Å². The molecule has 5 heteroatoms. The Morgan fingerprint density at radius 1 is 0.617 bits per heavy atom. The van der Waals surface area contributed by atoms with Gasteiger partial charge in [-0.15, -0.1) is 5.39 Å². The molecule has 60 heavy (non-hydrogen) atoms. The summed E-state index contributed by atoms with van der Waals surface area (Å²) < 4.78 is 92.8. The molecule has 0 aliphatic carbocycles. The summed E-state index contributed by atoms with van der Waals surface area (Å²) in [5.41, 5.74) is 6.26. The van der Waals surface area contributed by atoms with Crippen LogP contribution in [0.1, 0.15) is 65.0 Å². The van der Waals surface area contributed by atoms with Gasteiger partial charge in [0.25, 0.3) is 6.33 Å². The van der Waals surface area contributed by atoms with E-state index in [1.54, 1.807) is 22.8 Å². The van der Waals surface area contributed by atoms with Crippen LogP contribution in [0.5, 0.6) is 0 Å². The third kappa shape index (κ3) is 6.70. The molecule has 0 N–H and O–H groups in total. The van der Waals surface area contributed by atoms with E-state index in [9.17, 15) is 0 Å². The van der Waals surface area contributed by atoms with E-state index >= 15 is 0 Å². The van der Waals surface area contributed by atoms with Crippen molar-refractivity contribution in [2.24, 2.45) is 0 Å². The molecule has 0 bridgehead atoms. The molecule has 0 unspecified atom stereocenters. The van der Waals surface area contributed by atoms with Gasteiger partial charge in [-0.05, 0) is 67.9 Å². The molecular weight excluding hydrogens is 912 g/mol. The molecule has 0 saturated heterocycles. The van der Waals surface area contributed by atoms with E-state index in [1.165, 1.54) is 5.56 Å². The Hall–Kier alpha value is -6.35. The van der Waals surface area contributed by atoms with Crippen molar-refractivity contribution < 1.29 is 39.3 Å². The van der Waals surface area contributed by atoms with Gasteiger partial charge in [0.1, 0.15) is 5.82 Å². The molecule has 4 nitrogen and oxygen atoms in total. The number of aromatic nitrogens is 4. The van der Waals surface area contributed by atoms with Gasteiger partial charge in [-0.1, -0.05) is 161 Å². The second-order valence-corrected chi connectivity index (χ2v) is 16.2. The summed E-state index contributed by atoms with van der Waals surface area (Å²) >= 11 is 0. The molecule has 0 aliphatic heterocycles. The quantitative estimate of drug-likeness (QED) is 0.115. The molecule has 0 radical (unpaired) electrons. The molecular formula is C55H44N4Pt-2. The number of rotatable bonds is 7. The van der Waals surface area contributed by atoms with E-state index in [1.807, 2.05) is 65.4 Å². The first-order valence-electron chi connectivity index (χ1n) is 24.5. The van der Waals surface area contributed by atoms with E-state index < -0.39 is 65.8 Å². The van der Waals surface area contributed by atoms with Crippen LogP contribution in [0.4, 0.5) is 0 Å². The minimum Gasteiger partial charge on any atom is -0.319 e. The van der Waals surface area contributed by atoms with Crippen LogP contribution in [0, 0.1) is 18.5 Å². The second-order valence-electron chi connectivity index (χ2n) is 16.2. The van der Waals surface area contributed by atoms with Crippen molar-refractivity contribution in [3.63, 3.8) is 0 Å². The number of hydrogen-bond donors (Lipinski definition) is 0. The van der Waals surface area contributed by atoms with Crippen LogP contribution in [-0.4, -0.2) is 14.1 Å². The zero-order chi connectivity index (χ0) is 49.0. The maximum Gasteiger partial charge on any atom is 0.268 e. The smallest absolute Gasteiger partial charge is 0.268 e. The zero-order valence-corrected chi connectivity index (χ0v) is 35.8. The molecule has 296 valence electrons. The van der Waals surface area contributed by atoms with Gasteiger partial charge in [-0.2, -0.15) is 53.6 Å². The van der Waals surface area contributed by atoms with Crippen LogP contribution in [0.25, 0.3) is 72.3 Å². The number of para-hydroxylation sites is 4. The van der Waals surface area contributed by atoms with Crippen molar-refractivity contribution in [3.05, 3.63) is 211 Å². The summed E-state index contributed by atoms with van der Waals surface area (Å²) in [5, 5.41) is 2.14. The Morgan fingerprint density at radius 2 is 1.25 bits per heavy atom. The maximum atomic E-state index is 9.03. The number of imidazole rings is 1. The molecule has 3 heterocycles. The standard InChI is InChI=1S/C55H44N4.Pt/c1-54(2,3)40-32-33-56-52(36-40)59-48-27-13-12-24-46(48)47-31-30-42(35-51(47)59)55(4,5)41-22-16-23-43(34-41)57-37-58(50-29-15-14-28-49(50)57)53-44(38-18-8-6-9-19-38)25-17-26-45(53)39-20-10-7-11-21-39;/h6-33,36H,1-5H3;/q-2;/i6D,7D,8D,9D,10D,11D,18D,19D,20D,21D;. The first-order chi connectivity index (χ1) is 32.8. The first-order valence-corrected chi connectivity index (χ1v) is 19.5. The Morgan fingerprint density at radius 3 is 1.95 bits per heavy atom. The van der Waals surface area contributed by atoms with E-state index in [2.05, 4.69) is 94.0 Å². The van der Waals surface area contributed by atoms with Crippen LogP contribution >= 0.6 is 0 Å². The largest absolute Gasteiger partial charge is 0.319 e. The van der Waals surface area contributed by atoms with Crippen LogP contribution in [0.2, 0.25) is 0 Å².